The number of ether oxygens (including phenoxy) is 2. The molecule has 0 spiro atoms. The van der Waals surface area contributed by atoms with Gasteiger partial charge in [-0.05, 0) is 45.4 Å². The smallest absolute Gasteiger partial charge is 0.251 e. The van der Waals surface area contributed by atoms with Crippen molar-refractivity contribution in [2.75, 3.05) is 26.7 Å². The average Bonchev–Trinajstić information content (AvgIpc) is 2.52. The summed E-state index contributed by atoms with van der Waals surface area (Å²) in [6, 6.07) is 7.56. The molecule has 1 amide bonds. The second kappa shape index (κ2) is 8.10. The summed E-state index contributed by atoms with van der Waals surface area (Å²) in [5, 5.41) is 3.07. The van der Waals surface area contributed by atoms with Crippen LogP contribution in [0, 0.1) is 0 Å². The number of hydrogen-bond acceptors (Lipinski definition) is 4. The van der Waals surface area contributed by atoms with Gasteiger partial charge in [0, 0.05) is 37.8 Å². The van der Waals surface area contributed by atoms with Crippen LogP contribution in [0.15, 0.2) is 24.3 Å². The molecule has 5 nitrogen and oxygen atoms in total. The van der Waals surface area contributed by atoms with Crippen molar-refractivity contribution >= 4 is 5.91 Å². The number of methoxy groups -OCH3 is 1. The number of carbonyl (C=O) groups excluding carboxylic acids is 1. The Bertz CT molecular complexity index is 549. The molecule has 5 heteroatoms. The first-order valence-electron chi connectivity index (χ1n) is 8.58. The van der Waals surface area contributed by atoms with Gasteiger partial charge >= 0.3 is 0 Å². The summed E-state index contributed by atoms with van der Waals surface area (Å²) in [5.41, 5.74) is 1.55. The fraction of sp³-hybridized carbons (Fsp3) is 0.632. The summed E-state index contributed by atoms with van der Waals surface area (Å²) in [4.78, 5) is 14.9. The van der Waals surface area contributed by atoms with E-state index < -0.39 is 0 Å². The monoisotopic (exact) mass is 334 g/mol. The lowest BCUT2D eigenvalue weighted by Gasteiger charge is -2.45. The molecule has 1 aromatic rings. The van der Waals surface area contributed by atoms with E-state index in [-0.39, 0.29) is 23.7 Å². The van der Waals surface area contributed by atoms with E-state index >= 15 is 0 Å². The van der Waals surface area contributed by atoms with E-state index in [0.717, 1.165) is 18.7 Å². The molecule has 24 heavy (non-hydrogen) atoms. The number of nitrogens with zero attached hydrogens (tertiary/aromatic N) is 1. The van der Waals surface area contributed by atoms with E-state index in [9.17, 15) is 4.79 Å². The highest BCUT2D eigenvalue weighted by molar-refractivity contribution is 5.94. The van der Waals surface area contributed by atoms with Crippen molar-refractivity contribution in [3.63, 3.8) is 0 Å². The molecule has 0 radical (unpaired) electrons. The van der Waals surface area contributed by atoms with Crippen molar-refractivity contribution in [1.29, 1.82) is 0 Å². The SMILES string of the molecule is COCc1cccc(C(=O)NCC(C)(C)N2CC(C)OC(C)C2)c1. The summed E-state index contributed by atoms with van der Waals surface area (Å²) in [6.45, 7) is 11.4. The highest BCUT2D eigenvalue weighted by Crippen LogP contribution is 2.20. The van der Waals surface area contributed by atoms with Crippen molar-refractivity contribution in [2.24, 2.45) is 0 Å². The van der Waals surface area contributed by atoms with Crippen molar-refractivity contribution < 1.29 is 14.3 Å². The number of nitrogens with one attached hydrogen (secondary N) is 1. The van der Waals surface area contributed by atoms with Crippen LogP contribution >= 0.6 is 0 Å². The molecule has 1 aromatic carbocycles. The van der Waals surface area contributed by atoms with Crippen LogP contribution in [0.25, 0.3) is 0 Å². The lowest BCUT2D eigenvalue weighted by molar-refractivity contribution is -0.0948. The predicted octanol–water partition coefficient (Wildman–Crippen LogP) is 2.45. The molecule has 1 heterocycles. The van der Waals surface area contributed by atoms with Crippen LogP contribution < -0.4 is 5.32 Å². The number of rotatable bonds is 6. The Morgan fingerprint density at radius 3 is 2.62 bits per heavy atom. The minimum absolute atomic E-state index is 0.0459. The first-order valence-corrected chi connectivity index (χ1v) is 8.58. The normalized spacial score (nSPS) is 22.4. The zero-order valence-corrected chi connectivity index (χ0v) is 15.5. The van der Waals surface area contributed by atoms with E-state index in [0.29, 0.717) is 18.7 Å². The zero-order valence-electron chi connectivity index (χ0n) is 15.5. The van der Waals surface area contributed by atoms with Crippen LogP contribution in [-0.2, 0) is 16.1 Å². The van der Waals surface area contributed by atoms with Gasteiger partial charge in [0.05, 0.1) is 18.8 Å². The Labute approximate surface area is 145 Å². The van der Waals surface area contributed by atoms with Crippen LogP contribution in [0.4, 0.5) is 0 Å². The molecule has 2 atom stereocenters. The minimum Gasteiger partial charge on any atom is -0.380 e. The molecule has 2 rings (SSSR count). The Hall–Kier alpha value is -1.43. The molecule has 1 saturated heterocycles. The van der Waals surface area contributed by atoms with Crippen LogP contribution in [0.5, 0.6) is 0 Å². The minimum atomic E-state index is -0.119. The molecule has 1 aliphatic rings. The topological polar surface area (TPSA) is 50.8 Å². The second-order valence-corrected chi connectivity index (χ2v) is 7.29. The van der Waals surface area contributed by atoms with Crippen molar-refractivity contribution in [1.82, 2.24) is 10.2 Å². The Kier molecular flexibility index (Phi) is 6.38. The molecule has 2 unspecified atom stereocenters. The van der Waals surface area contributed by atoms with E-state index in [1.54, 1.807) is 7.11 Å². The van der Waals surface area contributed by atoms with Gasteiger partial charge in [-0.3, -0.25) is 9.69 Å². The fourth-order valence-electron chi connectivity index (χ4n) is 3.15. The maximum Gasteiger partial charge on any atom is 0.251 e. The van der Waals surface area contributed by atoms with Gasteiger partial charge in [-0.2, -0.15) is 0 Å². The van der Waals surface area contributed by atoms with Crippen LogP contribution in [0.3, 0.4) is 0 Å². The lowest BCUT2D eigenvalue weighted by Crippen LogP contribution is -2.58. The van der Waals surface area contributed by atoms with Crippen molar-refractivity contribution in [3.05, 3.63) is 35.4 Å². The van der Waals surface area contributed by atoms with E-state index in [2.05, 4.69) is 37.9 Å². The fourth-order valence-corrected chi connectivity index (χ4v) is 3.15. The highest BCUT2D eigenvalue weighted by Gasteiger charge is 2.33. The zero-order chi connectivity index (χ0) is 17.7. The predicted molar refractivity (Wildman–Crippen MR) is 95.1 cm³/mol. The van der Waals surface area contributed by atoms with E-state index in [1.807, 2.05) is 24.3 Å². The number of benzene rings is 1. The molecular formula is C19H30N2O3. The average molecular weight is 334 g/mol. The molecule has 0 saturated carbocycles. The Morgan fingerprint density at radius 2 is 2.00 bits per heavy atom. The first kappa shape index (κ1) is 18.9. The maximum absolute atomic E-state index is 12.5. The van der Waals surface area contributed by atoms with Gasteiger partial charge in [0.15, 0.2) is 0 Å². The third-order valence-corrected chi connectivity index (χ3v) is 4.46. The quantitative estimate of drug-likeness (QED) is 0.868. The number of morpholine rings is 1. The third kappa shape index (κ3) is 5.03. The summed E-state index contributed by atoms with van der Waals surface area (Å²) in [7, 11) is 1.65. The lowest BCUT2D eigenvalue weighted by atomic mass is 9.99. The third-order valence-electron chi connectivity index (χ3n) is 4.46. The van der Waals surface area contributed by atoms with Crippen molar-refractivity contribution in [3.8, 4) is 0 Å². The molecule has 134 valence electrons. The maximum atomic E-state index is 12.5. The van der Waals surface area contributed by atoms with Gasteiger partial charge in [0.2, 0.25) is 0 Å². The van der Waals surface area contributed by atoms with Crippen LogP contribution in [0.1, 0.15) is 43.6 Å². The summed E-state index contributed by atoms with van der Waals surface area (Å²) < 4.78 is 10.9. The first-order chi connectivity index (χ1) is 11.3. The number of amides is 1. The van der Waals surface area contributed by atoms with Gasteiger partial charge in [-0.1, -0.05) is 12.1 Å². The molecule has 0 aliphatic carbocycles. The molecule has 1 fully saturated rings. The summed E-state index contributed by atoms with van der Waals surface area (Å²) >= 11 is 0. The second-order valence-electron chi connectivity index (χ2n) is 7.29. The molecular weight excluding hydrogens is 304 g/mol. The highest BCUT2D eigenvalue weighted by atomic mass is 16.5. The van der Waals surface area contributed by atoms with E-state index in [4.69, 9.17) is 9.47 Å². The van der Waals surface area contributed by atoms with Gasteiger partial charge in [-0.25, -0.2) is 0 Å². The largest absolute Gasteiger partial charge is 0.380 e. The van der Waals surface area contributed by atoms with Gasteiger partial charge in [-0.15, -0.1) is 0 Å². The molecule has 0 aromatic heterocycles. The molecule has 1 aliphatic heterocycles. The number of carbonyl (C=O) groups is 1. The standard InChI is InChI=1S/C19H30N2O3/c1-14-10-21(11-15(2)24-14)19(3,4)13-20-18(22)17-8-6-7-16(9-17)12-23-5/h6-9,14-15H,10-13H2,1-5H3,(H,20,22). The van der Waals surface area contributed by atoms with Gasteiger partial charge < -0.3 is 14.8 Å². The van der Waals surface area contributed by atoms with Crippen LogP contribution in [0.2, 0.25) is 0 Å². The summed E-state index contributed by atoms with van der Waals surface area (Å²) in [6.07, 6.45) is 0.434. The Morgan fingerprint density at radius 1 is 1.33 bits per heavy atom. The molecule has 1 N–H and O–H groups in total. The van der Waals surface area contributed by atoms with Gasteiger partial charge in [0.25, 0.3) is 5.91 Å². The van der Waals surface area contributed by atoms with Crippen LogP contribution in [-0.4, -0.2) is 55.3 Å². The number of hydrogen-bond donors (Lipinski definition) is 1. The molecule has 0 bridgehead atoms. The van der Waals surface area contributed by atoms with Gasteiger partial charge in [0.1, 0.15) is 0 Å². The van der Waals surface area contributed by atoms with Crippen molar-refractivity contribution in [2.45, 2.75) is 52.0 Å². The van der Waals surface area contributed by atoms with E-state index in [1.165, 1.54) is 0 Å². The summed E-state index contributed by atoms with van der Waals surface area (Å²) in [5.74, 6) is -0.0459. The Balaban J connectivity index is 1.95.